The van der Waals surface area contributed by atoms with Crippen molar-refractivity contribution in [2.45, 2.75) is 0 Å². The maximum Gasteiger partial charge on any atom is 0.119 e. The molecule has 0 saturated heterocycles. The Morgan fingerprint density at radius 3 is 2.64 bits per heavy atom. The molecule has 5 aromatic rings. The van der Waals surface area contributed by atoms with Gasteiger partial charge < -0.3 is 14.7 Å². The Balaban J connectivity index is 1.56. The first-order chi connectivity index (χ1) is 13.8. The van der Waals surface area contributed by atoms with Crippen LogP contribution in [-0.2, 0) is 0 Å². The highest BCUT2D eigenvalue weighted by Crippen LogP contribution is 2.32. The van der Waals surface area contributed by atoms with Gasteiger partial charge >= 0.3 is 0 Å². The Hall–Kier alpha value is -3.79. The van der Waals surface area contributed by atoms with Crippen LogP contribution in [0, 0.1) is 0 Å². The molecule has 4 heteroatoms. The molecule has 2 N–H and O–H groups in total. The maximum absolute atomic E-state index is 5.35. The number of hydrogen-bond donors (Lipinski definition) is 2. The highest BCUT2D eigenvalue weighted by atomic mass is 16.5. The van der Waals surface area contributed by atoms with Crippen LogP contribution in [0.15, 0.2) is 84.0 Å². The lowest BCUT2D eigenvalue weighted by molar-refractivity contribution is 0.415. The van der Waals surface area contributed by atoms with E-state index >= 15 is 0 Å². The summed E-state index contributed by atoms with van der Waals surface area (Å²) in [6.07, 6.45) is 3.87. The maximum atomic E-state index is 5.35. The minimum atomic E-state index is 0.834. The average molecular weight is 365 g/mol. The van der Waals surface area contributed by atoms with E-state index in [4.69, 9.17) is 9.73 Å². The number of ether oxygens (including phenoxy) is 1. The first-order valence-corrected chi connectivity index (χ1v) is 9.18. The predicted octanol–water partition coefficient (Wildman–Crippen LogP) is 6.08. The molecular weight excluding hydrogens is 346 g/mol. The number of fused-ring (bicyclic) bond motifs is 2. The minimum Gasteiger partial charge on any atom is -0.497 e. The smallest absolute Gasteiger partial charge is 0.119 e. The molecule has 0 amide bonds. The van der Waals surface area contributed by atoms with Gasteiger partial charge in [-0.15, -0.1) is 0 Å². The number of nitrogens with zero attached hydrogens (tertiary/aromatic N) is 1. The number of aliphatic imine (C=N–C) groups is 1. The fourth-order valence-electron chi connectivity index (χ4n) is 3.53. The standard InChI is InChI=1S/C24H19N3O/c1-28-18-10-11-23-20(13-18)17(15-26-23)14-25-22-9-5-3-7-19(22)24-12-16-6-2-4-8-21(16)27-24/h2-15,26-27H,1H3. The van der Waals surface area contributed by atoms with Gasteiger partial charge in [0.2, 0.25) is 0 Å². The van der Waals surface area contributed by atoms with Gasteiger partial charge in [-0.3, -0.25) is 4.99 Å². The molecule has 0 unspecified atom stereocenters. The van der Waals surface area contributed by atoms with E-state index in [2.05, 4.69) is 40.3 Å². The molecular formula is C24H19N3O. The molecule has 0 bridgehead atoms. The van der Waals surface area contributed by atoms with Crippen molar-refractivity contribution in [1.82, 2.24) is 9.97 Å². The molecule has 0 aliphatic rings. The van der Waals surface area contributed by atoms with Crippen molar-refractivity contribution in [3.05, 3.63) is 84.6 Å². The van der Waals surface area contributed by atoms with Gasteiger partial charge in [0, 0.05) is 51.0 Å². The van der Waals surface area contributed by atoms with Crippen LogP contribution < -0.4 is 4.74 Å². The summed E-state index contributed by atoms with van der Waals surface area (Å²) in [7, 11) is 1.68. The summed E-state index contributed by atoms with van der Waals surface area (Å²) in [5.74, 6) is 0.834. The summed E-state index contributed by atoms with van der Waals surface area (Å²) in [6, 6.07) is 24.6. The van der Waals surface area contributed by atoms with E-state index in [1.807, 2.05) is 54.9 Å². The van der Waals surface area contributed by atoms with Gasteiger partial charge in [-0.1, -0.05) is 36.4 Å². The molecule has 2 heterocycles. The summed E-state index contributed by atoms with van der Waals surface area (Å²) in [6.45, 7) is 0. The van der Waals surface area contributed by atoms with Gasteiger partial charge in [-0.05, 0) is 36.4 Å². The second-order valence-electron chi connectivity index (χ2n) is 6.70. The Labute approximate surface area is 162 Å². The van der Waals surface area contributed by atoms with Crippen molar-refractivity contribution in [1.29, 1.82) is 0 Å². The van der Waals surface area contributed by atoms with E-state index < -0.39 is 0 Å². The van der Waals surface area contributed by atoms with E-state index in [1.54, 1.807) is 7.11 Å². The zero-order chi connectivity index (χ0) is 18.9. The second kappa shape index (κ2) is 6.74. The molecule has 0 aliphatic carbocycles. The SMILES string of the molecule is COc1ccc2[nH]cc(C=Nc3ccccc3-c3cc4ccccc4[nH]3)c2c1. The molecule has 0 saturated carbocycles. The molecule has 0 atom stereocenters. The first-order valence-electron chi connectivity index (χ1n) is 9.18. The molecule has 0 aliphatic heterocycles. The number of para-hydroxylation sites is 2. The van der Waals surface area contributed by atoms with Gasteiger partial charge in [0.05, 0.1) is 12.8 Å². The van der Waals surface area contributed by atoms with E-state index in [-0.39, 0.29) is 0 Å². The summed E-state index contributed by atoms with van der Waals surface area (Å²) in [5, 5.41) is 2.28. The number of hydrogen-bond acceptors (Lipinski definition) is 2. The highest BCUT2D eigenvalue weighted by Gasteiger charge is 2.08. The van der Waals surface area contributed by atoms with Gasteiger partial charge in [0.15, 0.2) is 0 Å². The van der Waals surface area contributed by atoms with Crippen LogP contribution in [0.4, 0.5) is 5.69 Å². The number of methoxy groups -OCH3 is 1. The van der Waals surface area contributed by atoms with Crippen molar-refractivity contribution in [3.8, 4) is 17.0 Å². The van der Waals surface area contributed by atoms with Gasteiger partial charge in [0.25, 0.3) is 0 Å². The number of H-pyrrole nitrogens is 2. The van der Waals surface area contributed by atoms with Gasteiger partial charge in [-0.25, -0.2) is 0 Å². The van der Waals surface area contributed by atoms with Crippen molar-refractivity contribution in [3.63, 3.8) is 0 Å². The Morgan fingerprint density at radius 1 is 0.893 bits per heavy atom. The quantitative estimate of drug-likeness (QED) is 0.373. The molecule has 28 heavy (non-hydrogen) atoms. The normalized spacial score (nSPS) is 11.6. The summed E-state index contributed by atoms with van der Waals surface area (Å²) in [4.78, 5) is 11.6. The topological polar surface area (TPSA) is 53.2 Å². The van der Waals surface area contributed by atoms with Crippen molar-refractivity contribution in [2.75, 3.05) is 7.11 Å². The zero-order valence-corrected chi connectivity index (χ0v) is 15.4. The fraction of sp³-hybridized carbons (Fsp3) is 0.0417. The number of rotatable bonds is 4. The molecule has 3 aromatic carbocycles. The molecule has 0 fully saturated rings. The lowest BCUT2D eigenvalue weighted by Crippen LogP contribution is -1.83. The lowest BCUT2D eigenvalue weighted by Gasteiger charge is -2.03. The van der Waals surface area contributed by atoms with Crippen LogP contribution in [0.5, 0.6) is 5.75 Å². The summed E-state index contributed by atoms with van der Waals surface area (Å²) < 4.78 is 5.35. The van der Waals surface area contributed by atoms with E-state index in [9.17, 15) is 0 Å². The number of aromatic nitrogens is 2. The second-order valence-corrected chi connectivity index (χ2v) is 6.70. The van der Waals surface area contributed by atoms with Crippen LogP contribution >= 0.6 is 0 Å². The van der Waals surface area contributed by atoms with Crippen molar-refractivity contribution < 1.29 is 4.74 Å². The Bertz CT molecular complexity index is 1280. The zero-order valence-electron chi connectivity index (χ0n) is 15.4. The summed E-state index contributed by atoms with van der Waals surface area (Å²) in [5.41, 5.74) is 6.28. The van der Waals surface area contributed by atoms with Crippen LogP contribution in [0.2, 0.25) is 0 Å². The number of aromatic amines is 2. The lowest BCUT2D eigenvalue weighted by atomic mass is 10.1. The largest absolute Gasteiger partial charge is 0.497 e. The van der Waals surface area contributed by atoms with Crippen LogP contribution in [0.1, 0.15) is 5.56 Å². The molecule has 136 valence electrons. The number of nitrogens with one attached hydrogen (secondary N) is 2. The fourth-order valence-corrected chi connectivity index (χ4v) is 3.53. The van der Waals surface area contributed by atoms with Crippen molar-refractivity contribution >= 4 is 33.7 Å². The third kappa shape index (κ3) is 2.85. The molecule has 2 aromatic heterocycles. The first kappa shape index (κ1) is 16.4. The molecule has 4 nitrogen and oxygen atoms in total. The predicted molar refractivity (Wildman–Crippen MR) is 116 cm³/mol. The van der Waals surface area contributed by atoms with Crippen LogP contribution in [0.3, 0.4) is 0 Å². The molecule has 0 spiro atoms. The summed E-state index contributed by atoms with van der Waals surface area (Å²) >= 11 is 0. The van der Waals surface area contributed by atoms with E-state index in [0.29, 0.717) is 0 Å². The monoisotopic (exact) mass is 365 g/mol. The van der Waals surface area contributed by atoms with Gasteiger partial charge in [0.1, 0.15) is 5.75 Å². The van der Waals surface area contributed by atoms with Crippen LogP contribution in [-0.4, -0.2) is 23.3 Å². The Morgan fingerprint density at radius 2 is 1.75 bits per heavy atom. The van der Waals surface area contributed by atoms with E-state index in [0.717, 1.165) is 44.7 Å². The third-order valence-corrected chi connectivity index (χ3v) is 4.99. The average Bonchev–Trinajstić information content (AvgIpc) is 3.36. The van der Waals surface area contributed by atoms with Crippen LogP contribution in [0.25, 0.3) is 33.1 Å². The van der Waals surface area contributed by atoms with Crippen molar-refractivity contribution in [2.24, 2.45) is 4.99 Å². The van der Waals surface area contributed by atoms with Gasteiger partial charge in [-0.2, -0.15) is 0 Å². The molecule has 0 radical (unpaired) electrons. The van der Waals surface area contributed by atoms with E-state index in [1.165, 1.54) is 5.39 Å². The molecule has 5 rings (SSSR count). The minimum absolute atomic E-state index is 0.834. The number of benzene rings is 3. The Kier molecular flexibility index (Phi) is 3.95. The third-order valence-electron chi connectivity index (χ3n) is 4.99. The highest BCUT2D eigenvalue weighted by molar-refractivity contribution is 6.01.